The molecule has 6 aliphatic rings. The molecule has 4 aliphatic carbocycles. The molecule has 264 valence electrons. The molecule has 13 nitrogen and oxygen atoms in total. The molecule has 1 aromatic heterocycles. The molecule has 0 amide bonds. The van der Waals surface area contributed by atoms with E-state index in [-0.39, 0.29) is 18.9 Å². The largest absolute Gasteiger partial charge is 0.472 e. The van der Waals surface area contributed by atoms with Crippen LogP contribution in [0.4, 0.5) is 0 Å². The molecule has 4 saturated carbocycles. The summed E-state index contributed by atoms with van der Waals surface area (Å²) >= 11 is 0. The summed E-state index contributed by atoms with van der Waals surface area (Å²) in [7, 11) is 0. The summed E-state index contributed by atoms with van der Waals surface area (Å²) < 4.78 is 35.9. The van der Waals surface area contributed by atoms with Crippen LogP contribution in [0.15, 0.2) is 23.0 Å². The fraction of sp³-hybridized carbons (Fsp3) is 0.771. The maximum Gasteiger partial charge on any atom is 0.310 e. The van der Waals surface area contributed by atoms with Crippen LogP contribution >= 0.6 is 0 Å². The smallest absolute Gasteiger partial charge is 0.310 e. The first-order valence-electron chi connectivity index (χ1n) is 16.9. The Kier molecular flexibility index (Phi) is 7.42. The molecule has 2 saturated heterocycles. The van der Waals surface area contributed by atoms with E-state index in [1.165, 1.54) is 13.2 Å². The number of Topliss-reactive ketones (excluding diaryl/α,β-unsaturated/α-hetero) is 1. The summed E-state index contributed by atoms with van der Waals surface area (Å²) in [6, 6.07) is 1.80. The highest BCUT2D eigenvalue weighted by atomic mass is 16.7. The van der Waals surface area contributed by atoms with Gasteiger partial charge in [0.2, 0.25) is 6.29 Å². The highest BCUT2D eigenvalue weighted by molar-refractivity contribution is 5.91. The van der Waals surface area contributed by atoms with Crippen molar-refractivity contribution in [3.63, 3.8) is 0 Å². The van der Waals surface area contributed by atoms with Gasteiger partial charge in [0.25, 0.3) is 0 Å². The summed E-state index contributed by atoms with van der Waals surface area (Å²) in [5.74, 6) is -5.68. The van der Waals surface area contributed by atoms with E-state index >= 15 is 4.79 Å². The molecule has 3 heterocycles. The number of aliphatic hydroxyl groups is 3. The molecule has 3 N–H and O–H groups in total. The van der Waals surface area contributed by atoms with Crippen LogP contribution in [0.1, 0.15) is 79.2 Å². The van der Waals surface area contributed by atoms with E-state index < -0.39 is 112 Å². The van der Waals surface area contributed by atoms with Crippen molar-refractivity contribution in [3.8, 4) is 0 Å². The summed E-state index contributed by atoms with van der Waals surface area (Å²) in [6.45, 7) is 10.8. The van der Waals surface area contributed by atoms with Crippen LogP contribution in [-0.4, -0.2) is 94.1 Å². The van der Waals surface area contributed by atoms with Crippen LogP contribution in [0.2, 0.25) is 0 Å². The molecular formula is C35H46O13. The first kappa shape index (κ1) is 33.6. The minimum Gasteiger partial charge on any atom is -0.472 e. The van der Waals surface area contributed by atoms with Gasteiger partial charge in [-0.3, -0.25) is 19.2 Å². The molecule has 7 rings (SSSR count). The van der Waals surface area contributed by atoms with Crippen molar-refractivity contribution in [2.75, 3.05) is 6.61 Å². The summed E-state index contributed by atoms with van der Waals surface area (Å²) in [5, 5.41) is 37.2. The molecule has 1 aromatic rings. The third kappa shape index (κ3) is 3.74. The maximum absolute atomic E-state index is 15.0. The van der Waals surface area contributed by atoms with E-state index in [1.807, 2.05) is 13.8 Å². The van der Waals surface area contributed by atoms with E-state index in [1.54, 1.807) is 33.1 Å². The molecular weight excluding hydrogens is 628 g/mol. The first-order valence-corrected chi connectivity index (χ1v) is 16.9. The van der Waals surface area contributed by atoms with Gasteiger partial charge >= 0.3 is 17.9 Å². The summed E-state index contributed by atoms with van der Waals surface area (Å²) in [5.41, 5.74) is -6.04. The topological polar surface area (TPSA) is 192 Å². The zero-order chi connectivity index (χ0) is 34.9. The van der Waals surface area contributed by atoms with Crippen molar-refractivity contribution in [2.45, 2.75) is 122 Å². The van der Waals surface area contributed by atoms with Gasteiger partial charge in [0, 0.05) is 41.9 Å². The molecule has 1 spiro atoms. The average Bonchev–Trinajstić information content (AvgIpc) is 3.39. The van der Waals surface area contributed by atoms with E-state index in [0.717, 1.165) is 12.5 Å². The van der Waals surface area contributed by atoms with Crippen LogP contribution in [0.3, 0.4) is 0 Å². The number of carbonyl (C=O) groups is 4. The Morgan fingerprint density at radius 1 is 1.02 bits per heavy atom. The Labute approximate surface area is 278 Å². The molecule has 2 bridgehead atoms. The van der Waals surface area contributed by atoms with E-state index in [9.17, 15) is 29.7 Å². The maximum atomic E-state index is 15.0. The third-order valence-corrected chi connectivity index (χ3v) is 13.9. The van der Waals surface area contributed by atoms with E-state index in [0.29, 0.717) is 12.8 Å². The quantitative estimate of drug-likeness (QED) is 0.226. The van der Waals surface area contributed by atoms with Crippen molar-refractivity contribution in [2.24, 2.45) is 39.4 Å². The zero-order valence-electron chi connectivity index (χ0n) is 28.3. The van der Waals surface area contributed by atoms with Crippen molar-refractivity contribution in [3.05, 3.63) is 24.2 Å². The number of hydrogen-bond donors (Lipinski definition) is 3. The highest BCUT2D eigenvalue weighted by Crippen LogP contribution is 2.82. The second-order valence-corrected chi connectivity index (χ2v) is 15.7. The zero-order valence-corrected chi connectivity index (χ0v) is 28.3. The lowest BCUT2D eigenvalue weighted by Gasteiger charge is -2.73. The number of furan rings is 1. The number of hydrogen-bond acceptors (Lipinski definition) is 13. The number of rotatable bonds is 6. The number of ketones is 1. The van der Waals surface area contributed by atoms with Crippen molar-refractivity contribution >= 4 is 23.7 Å². The van der Waals surface area contributed by atoms with Gasteiger partial charge in [-0.15, -0.1) is 0 Å². The van der Waals surface area contributed by atoms with Gasteiger partial charge in [-0.05, 0) is 43.7 Å². The van der Waals surface area contributed by atoms with Crippen LogP contribution in [0.25, 0.3) is 0 Å². The fourth-order valence-corrected chi connectivity index (χ4v) is 11.6. The number of epoxide rings is 1. The first-order chi connectivity index (χ1) is 22.5. The minimum atomic E-state index is -1.66. The molecule has 48 heavy (non-hydrogen) atoms. The third-order valence-electron chi connectivity index (χ3n) is 13.9. The van der Waals surface area contributed by atoms with Gasteiger partial charge in [-0.1, -0.05) is 27.7 Å². The highest BCUT2D eigenvalue weighted by Gasteiger charge is 2.92. The predicted molar refractivity (Wildman–Crippen MR) is 161 cm³/mol. The van der Waals surface area contributed by atoms with Gasteiger partial charge in [-0.25, -0.2) is 0 Å². The van der Waals surface area contributed by atoms with Crippen LogP contribution < -0.4 is 0 Å². The lowest BCUT2D eigenvalue weighted by molar-refractivity contribution is -0.391. The molecule has 0 unspecified atom stereocenters. The molecule has 6 fully saturated rings. The number of ether oxygens (including phenoxy) is 5. The Hall–Kier alpha value is -2.84. The summed E-state index contributed by atoms with van der Waals surface area (Å²) in [4.78, 5) is 53.5. The molecule has 0 aromatic carbocycles. The van der Waals surface area contributed by atoms with Crippen molar-refractivity contribution in [1.29, 1.82) is 0 Å². The molecule has 0 radical (unpaired) electrons. The standard InChI is InChI=1S/C35H46O13/c1-8-15(2)29(42)47-30-31(5)20-12-21(38)33(7)25(34(20,14-44-30)27(41)24(45-16(3)36)28(31)46-17(4)37)23(39)26(40)32(6)19(18-9-10-43-13-18)11-22-35(32,33)48-22/h9-10,13,15,19-22,24-28,30,38,40-41H,8,11-12,14H2,1-7H3/t15-,19+,20+,21-,22-,24-,25+,26-,27+,28-,30+,31-,32-,33-,34+,35-/m1/s1. The van der Waals surface area contributed by atoms with E-state index in [2.05, 4.69) is 0 Å². The Morgan fingerprint density at radius 2 is 1.71 bits per heavy atom. The van der Waals surface area contributed by atoms with Gasteiger partial charge in [0.1, 0.15) is 17.8 Å². The molecule has 13 heteroatoms. The van der Waals surface area contributed by atoms with Gasteiger partial charge < -0.3 is 43.4 Å². The second kappa shape index (κ2) is 10.6. The second-order valence-electron chi connectivity index (χ2n) is 15.7. The lowest BCUT2D eigenvalue weighted by Crippen LogP contribution is -2.84. The number of aliphatic hydroxyl groups excluding tert-OH is 3. The van der Waals surface area contributed by atoms with Gasteiger partial charge in [-0.2, -0.15) is 0 Å². The number of fused-ring (bicyclic) bond motifs is 1. The minimum absolute atomic E-state index is 0.0283. The lowest BCUT2D eigenvalue weighted by atomic mass is 9.33. The SMILES string of the molecule is CC[C@@H](C)C(=O)O[C@@H]1OC[C@@]23[C@H]4C(=O)[C@@H](O)[C@@]5(C)[C@H](c6ccoc6)C[C@H]6O[C@]65[C@]4(C)[C@H](O)C[C@H]2[C@]1(C)[C@H](OC(C)=O)[C@H](OC(C)=O)[C@@H]3O. The Balaban J connectivity index is 1.42. The van der Waals surface area contributed by atoms with Crippen molar-refractivity contribution < 1.29 is 62.6 Å². The Bertz CT molecular complexity index is 1530. The van der Waals surface area contributed by atoms with Crippen LogP contribution in [0, 0.1) is 39.4 Å². The molecule has 2 aliphatic heterocycles. The Morgan fingerprint density at radius 3 is 2.31 bits per heavy atom. The average molecular weight is 675 g/mol. The van der Waals surface area contributed by atoms with Gasteiger partial charge in [0.05, 0.1) is 42.7 Å². The monoisotopic (exact) mass is 674 g/mol. The molecule has 16 atom stereocenters. The predicted octanol–water partition coefficient (Wildman–Crippen LogP) is 2.03. The summed E-state index contributed by atoms with van der Waals surface area (Å²) in [6.07, 6.45) is -5.09. The van der Waals surface area contributed by atoms with Gasteiger partial charge in [0.15, 0.2) is 18.0 Å². The van der Waals surface area contributed by atoms with E-state index in [4.69, 9.17) is 28.1 Å². The van der Waals surface area contributed by atoms with Crippen molar-refractivity contribution in [1.82, 2.24) is 0 Å². The number of esters is 3. The fourth-order valence-electron chi connectivity index (χ4n) is 11.6. The van der Waals surface area contributed by atoms with Crippen LogP contribution in [0.5, 0.6) is 0 Å². The normalized spacial score (nSPS) is 50.6. The van der Waals surface area contributed by atoms with Crippen LogP contribution in [-0.2, 0) is 42.9 Å². The number of carbonyl (C=O) groups excluding carboxylic acids is 4.